The summed E-state index contributed by atoms with van der Waals surface area (Å²) in [5.74, 6) is 0.424. The van der Waals surface area contributed by atoms with Gasteiger partial charge in [0.1, 0.15) is 17.1 Å². The van der Waals surface area contributed by atoms with E-state index in [2.05, 4.69) is 21.9 Å². The van der Waals surface area contributed by atoms with E-state index < -0.39 is 11.4 Å². The van der Waals surface area contributed by atoms with Gasteiger partial charge in [0.15, 0.2) is 11.0 Å². The van der Waals surface area contributed by atoms with Crippen molar-refractivity contribution in [3.8, 4) is 11.5 Å². The fourth-order valence-electron chi connectivity index (χ4n) is 3.32. The second kappa shape index (κ2) is 7.46. The van der Waals surface area contributed by atoms with Crippen LogP contribution in [0.1, 0.15) is 45.7 Å². The van der Waals surface area contributed by atoms with Crippen LogP contribution in [-0.4, -0.2) is 44.6 Å². The summed E-state index contributed by atoms with van der Waals surface area (Å²) in [4.78, 5) is 25.7. The molecule has 0 unspecified atom stereocenters. The Kier molecular flexibility index (Phi) is 5.42. The van der Waals surface area contributed by atoms with E-state index in [4.69, 9.17) is 16.3 Å². The van der Waals surface area contributed by atoms with E-state index in [0.29, 0.717) is 29.8 Å². The molecular weight excluding hydrogens is 371 g/mol. The third-order valence-corrected chi connectivity index (χ3v) is 4.87. The van der Waals surface area contributed by atoms with Crippen molar-refractivity contribution in [3.63, 3.8) is 0 Å². The van der Waals surface area contributed by atoms with E-state index in [0.717, 1.165) is 18.3 Å². The maximum atomic E-state index is 13.1. The number of likely N-dealkylation sites (tertiary alicyclic amines) is 1. The Hall–Kier alpha value is -2.15. The molecule has 1 aliphatic heterocycles. The van der Waals surface area contributed by atoms with Gasteiger partial charge in [0, 0.05) is 19.0 Å². The van der Waals surface area contributed by atoms with Gasteiger partial charge in [-0.3, -0.25) is 0 Å². The van der Waals surface area contributed by atoms with Crippen molar-refractivity contribution in [2.75, 3.05) is 13.1 Å². The lowest BCUT2D eigenvalue weighted by Gasteiger charge is -2.37. The number of H-pyrrole nitrogens is 1. The van der Waals surface area contributed by atoms with Gasteiger partial charge in [-0.1, -0.05) is 18.5 Å². The number of hydrogen-bond acceptors (Lipinski definition) is 4. The summed E-state index contributed by atoms with van der Waals surface area (Å²) < 4.78 is 18.5. The molecule has 3 heterocycles. The quantitative estimate of drug-likeness (QED) is 0.806. The Balaban J connectivity index is 1.73. The van der Waals surface area contributed by atoms with E-state index >= 15 is 0 Å². The number of aromatic nitrogens is 3. The lowest BCUT2D eigenvalue weighted by molar-refractivity contribution is 0.0154. The fourth-order valence-corrected chi connectivity index (χ4v) is 3.59. The van der Waals surface area contributed by atoms with Gasteiger partial charge in [-0.25, -0.2) is 19.2 Å². The van der Waals surface area contributed by atoms with Crippen LogP contribution in [0.5, 0.6) is 0 Å². The maximum absolute atomic E-state index is 13.1. The first-order valence-corrected chi connectivity index (χ1v) is 9.37. The number of halogens is 2. The van der Waals surface area contributed by atoms with E-state index in [1.54, 1.807) is 11.0 Å². The molecule has 2 atom stereocenters. The number of nitrogens with zero attached hydrogens (tertiary/aromatic N) is 3. The van der Waals surface area contributed by atoms with Crippen LogP contribution in [0.2, 0.25) is 5.15 Å². The van der Waals surface area contributed by atoms with Crippen LogP contribution >= 0.6 is 11.6 Å². The minimum Gasteiger partial charge on any atom is -0.444 e. The van der Waals surface area contributed by atoms with Gasteiger partial charge in [0.2, 0.25) is 0 Å². The molecule has 0 bridgehead atoms. The molecule has 0 spiro atoms. The van der Waals surface area contributed by atoms with Crippen molar-refractivity contribution in [1.29, 1.82) is 0 Å². The van der Waals surface area contributed by atoms with Gasteiger partial charge in [0.05, 0.1) is 11.9 Å². The van der Waals surface area contributed by atoms with Crippen molar-refractivity contribution >= 4 is 17.7 Å². The zero-order valence-corrected chi connectivity index (χ0v) is 16.7. The highest BCUT2D eigenvalue weighted by Gasteiger charge is 2.34. The first kappa shape index (κ1) is 19.6. The Morgan fingerprint density at radius 3 is 2.74 bits per heavy atom. The van der Waals surface area contributed by atoms with E-state index in [9.17, 15) is 9.18 Å². The van der Waals surface area contributed by atoms with Crippen LogP contribution in [0.3, 0.4) is 0 Å². The highest BCUT2D eigenvalue weighted by atomic mass is 35.5. The molecule has 8 heteroatoms. The summed E-state index contributed by atoms with van der Waals surface area (Å²) in [6, 6.07) is 2.89. The van der Waals surface area contributed by atoms with Crippen LogP contribution in [-0.2, 0) is 4.74 Å². The number of rotatable bonds is 2. The highest BCUT2D eigenvalue weighted by Crippen LogP contribution is 2.36. The Labute approximate surface area is 163 Å². The summed E-state index contributed by atoms with van der Waals surface area (Å²) in [5, 5.41) is 0.388. The summed E-state index contributed by atoms with van der Waals surface area (Å²) >= 11 is 6.36. The van der Waals surface area contributed by atoms with E-state index in [1.807, 2.05) is 20.8 Å². The Morgan fingerprint density at radius 1 is 1.41 bits per heavy atom. The number of aromatic amines is 1. The summed E-state index contributed by atoms with van der Waals surface area (Å²) in [5.41, 5.74) is 0.846. The van der Waals surface area contributed by atoms with Gasteiger partial charge < -0.3 is 14.6 Å². The van der Waals surface area contributed by atoms with Gasteiger partial charge >= 0.3 is 6.09 Å². The van der Waals surface area contributed by atoms with Crippen molar-refractivity contribution < 1.29 is 13.9 Å². The number of amides is 1. The predicted octanol–water partition coefficient (Wildman–Crippen LogP) is 4.62. The standard InChI is InChI=1S/C19H24ClFN4O2/c1-11-10-25(18(26)27-19(2,3)4)8-7-13(11)15-16(20)24-17(23-15)14-6-5-12(21)9-22-14/h5-6,9,11,13H,7-8,10H2,1-4H3,(H,23,24)/t11-,13+/m0/s1. The second-order valence-electron chi connectivity index (χ2n) is 7.95. The van der Waals surface area contributed by atoms with Crippen LogP contribution in [0.15, 0.2) is 18.3 Å². The number of pyridine rings is 1. The van der Waals surface area contributed by atoms with Gasteiger partial charge in [0.25, 0.3) is 0 Å². The topological polar surface area (TPSA) is 71.1 Å². The fraction of sp³-hybridized carbons (Fsp3) is 0.526. The largest absolute Gasteiger partial charge is 0.444 e. The smallest absolute Gasteiger partial charge is 0.410 e. The molecule has 1 N–H and O–H groups in total. The molecular formula is C19H24ClFN4O2. The molecule has 146 valence electrons. The second-order valence-corrected chi connectivity index (χ2v) is 8.31. The molecule has 27 heavy (non-hydrogen) atoms. The van der Waals surface area contributed by atoms with Crippen molar-refractivity contribution in [2.24, 2.45) is 5.92 Å². The zero-order chi connectivity index (χ0) is 19.8. The van der Waals surface area contributed by atoms with Crippen LogP contribution in [0.25, 0.3) is 11.5 Å². The number of carbonyl (C=O) groups is 1. The molecule has 1 aliphatic rings. The average molecular weight is 395 g/mol. The van der Waals surface area contributed by atoms with Gasteiger partial charge in [-0.15, -0.1) is 0 Å². The normalized spacial score (nSPS) is 20.6. The highest BCUT2D eigenvalue weighted by molar-refractivity contribution is 6.30. The maximum Gasteiger partial charge on any atom is 0.410 e. The third-order valence-electron chi connectivity index (χ3n) is 4.58. The predicted molar refractivity (Wildman–Crippen MR) is 101 cm³/mol. The van der Waals surface area contributed by atoms with Crippen LogP contribution in [0, 0.1) is 11.7 Å². The summed E-state index contributed by atoms with van der Waals surface area (Å²) in [6.45, 7) is 8.82. The molecule has 0 saturated carbocycles. The average Bonchev–Trinajstić information content (AvgIpc) is 2.95. The van der Waals surface area contributed by atoms with Crippen LogP contribution in [0.4, 0.5) is 9.18 Å². The number of imidazole rings is 1. The van der Waals surface area contributed by atoms with E-state index in [1.165, 1.54) is 6.07 Å². The molecule has 0 radical (unpaired) electrons. The van der Waals surface area contributed by atoms with Crippen molar-refractivity contribution in [2.45, 2.75) is 45.6 Å². The van der Waals surface area contributed by atoms with Crippen molar-refractivity contribution in [3.05, 3.63) is 35.0 Å². The number of ether oxygens (including phenoxy) is 1. The number of nitrogens with one attached hydrogen (secondary N) is 1. The number of carbonyl (C=O) groups excluding carboxylic acids is 1. The molecule has 3 rings (SSSR count). The molecule has 1 amide bonds. The first-order chi connectivity index (χ1) is 12.6. The third kappa shape index (κ3) is 4.58. The van der Waals surface area contributed by atoms with Gasteiger partial charge in [-0.05, 0) is 45.2 Å². The molecule has 2 aromatic rings. The summed E-state index contributed by atoms with van der Waals surface area (Å²) in [7, 11) is 0. The lowest BCUT2D eigenvalue weighted by atomic mass is 9.85. The SMILES string of the molecule is C[C@H]1CN(C(=O)OC(C)(C)C)CC[C@H]1c1[nH]c(-c2ccc(F)cn2)nc1Cl. The molecule has 1 fully saturated rings. The molecule has 0 aromatic carbocycles. The van der Waals surface area contributed by atoms with Gasteiger partial charge in [-0.2, -0.15) is 0 Å². The number of piperidine rings is 1. The molecule has 2 aromatic heterocycles. The minimum absolute atomic E-state index is 0.137. The van der Waals surface area contributed by atoms with Crippen LogP contribution < -0.4 is 0 Å². The Morgan fingerprint density at radius 2 is 2.15 bits per heavy atom. The summed E-state index contributed by atoms with van der Waals surface area (Å²) in [6.07, 6.45) is 1.60. The zero-order valence-electron chi connectivity index (χ0n) is 15.9. The molecule has 0 aliphatic carbocycles. The lowest BCUT2D eigenvalue weighted by Crippen LogP contribution is -2.44. The number of hydrogen-bond donors (Lipinski definition) is 1. The monoisotopic (exact) mass is 394 g/mol. The minimum atomic E-state index is -0.513. The molecule has 1 saturated heterocycles. The Bertz CT molecular complexity index is 816. The molecule has 6 nitrogen and oxygen atoms in total. The first-order valence-electron chi connectivity index (χ1n) is 8.99. The van der Waals surface area contributed by atoms with E-state index in [-0.39, 0.29) is 17.9 Å². The van der Waals surface area contributed by atoms with Crippen molar-refractivity contribution in [1.82, 2.24) is 19.9 Å².